The molecule has 0 saturated heterocycles. The molecular formula is C16H17BrN4. The first-order valence-corrected chi connectivity index (χ1v) is 7.70. The number of fused-ring (bicyclic) bond motifs is 1. The fourth-order valence-corrected chi connectivity index (χ4v) is 2.93. The zero-order valence-electron chi connectivity index (χ0n) is 11.8. The van der Waals surface area contributed by atoms with Crippen LogP contribution in [0.4, 0.5) is 11.4 Å². The van der Waals surface area contributed by atoms with Crippen LogP contribution in [0.25, 0.3) is 22.4 Å². The van der Waals surface area contributed by atoms with E-state index in [1.807, 2.05) is 24.3 Å². The first-order chi connectivity index (χ1) is 10.1. The maximum Gasteiger partial charge on any atom is 0.141 e. The van der Waals surface area contributed by atoms with Gasteiger partial charge in [-0.3, -0.25) is 0 Å². The zero-order chi connectivity index (χ0) is 15.0. The Morgan fingerprint density at radius 3 is 2.48 bits per heavy atom. The van der Waals surface area contributed by atoms with Crippen LogP contribution in [0.15, 0.2) is 40.9 Å². The van der Waals surface area contributed by atoms with Gasteiger partial charge in [0, 0.05) is 28.0 Å². The van der Waals surface area contributed by atoms with Crippen LogP contribution < -0.4 is 11.5 Å². The topological polar surface area (TPSA) is 69.9 Å². The first kappa shape index (κ1) is 13.9. The van der Waals surface area contributed by atoms with E-state index >= 15 is 0 Å². The molecule has 5 heteroatoms. The molecule has 4 nitrogen and oxygen atoms in total. The lowest BCUT2D eigenvalue weighted by Gasteiger charge is -2.09. The smallest absolute Gasteiger partial charge is 0.141 e. The van der Waals surface area contributed by atoms with E-state index in [1.165, 1.54) is 0 Å². The van der Waals surface area contributed by atoms with E-state index in [0.29, 0.717) is 11.4 Å². The Labute approximate surface area is 131 Å². The number of benzene rings is 2. The summed E-state index contributed by atoms with van der Waals surface area (Å²) < 4.78 is 3.24. The van der Waals surface area contributed by atoms with E-state index in [1.54, 1.807) is 6.07 Å². The minimum Gasteiger partial charge on any atom is -0.399 e. The van der Waals surface area contributed by atoms with Crippen molar-refractivity contribution in [2.75, 3.05) is 11.5 Å². The number of imidazole rings is 1. The van der Waals surface area contributed by atoms with Crippen molar-refractivity contribution >= 4 is 38.3 Å². The SMILES string of the molecule is CCCn1c(-c2cc(N)cc(N)c2)nc2cc(Br)ccc21. The van der Waals surface area contributed by atoms with Crippen molar-refractivity contribution in [2.45, 2.75) is 19.9 Å². The summed E-state index contributed by atoms with van der Waals surface area (Å²) in [7, 11) is 0. The monoisotopic (exact) mass is 344 g/mol. The normalized spacial score (nSPS) is 11.1. The highest BCUT2D eigenvalue weighted by atomic mass is 79.9. The van der Waals surface area contributed by atoms with E-state index in [9.17, 15) is 0 Å². The van der Waals surface area contributed by atoms with Gasteiger partial charge in [0.25, 0.3) is 0 Å². The standard InChI is InChI=1S/C16H17BrN4/c1-2-5-21-15-4-3-11(17)8-14(15)20-16(21)10-6-12(18)9-13(19)7-10/h3-4,6-9H,2,5,18-19H2,1H3. The van der Waals surface area contributed by atoms with Gasteiger partial charge in [0.2, 0.25) is 0 Å². The van der Waals surface area contributed by atoms with E-state index < -0.39 is 0 Å². The van der Waals surface area contributed by atoms with Gasteiger partial charge in [0.05, 0.1) is 11.0 Å². The summed E-state index contributed by atoms with van der Waals surface area (Å²) in [5.41, 5.74) is 16.2. The van der Waals surface area contributed by atoms with Crippen LogP contribution in [0, 0.1) is 0 Å². The van der Waals surface area contributed by atoms with E-state index in [0.717, 1.165) is 39.9 Å². The van der Waals surface area contributed by atoms with Crippen LogP contribution >= 0.6 is 15.9 Å². The van der Waals surface area contributed by atoms with Gasteiger partial charge in [0.1, 0.15) is 5.82 Å². The summed E-state index contributed by atoms with van der Waals surface area (Å²) in [6, 6.07) is 11.7. The molecule has 0 aliphatic carbocycles. The Hall–Kier alpha value is -2.01. The quantitative estimate of drug-likeness (QED) is 0.704. The molecule has 3 aromatic rings. The van der Waals surface area contributed by atoms with Crippen LogP contribution in [0.1, 0.15) is 13.3 Å². The van der Waals surface area contributed by atoms with Gasteiger partial charge in [-0.25, -0.2) is 4.98 Å². The summed E-state index contributed by atoms with van der Waals surface area (Å²) in [5, 5.41) is 0. The summed E-state index contributed by atoms with van der Waals surface area (Å²) in [6.45, 7) is 3.06. The third kappa shape index (κ3) is 2.61. The molecule has 108 valence electrons. The Morgan fingerprint density at radius 2 is 1.81 bits per heavy atom. The van der Waals surface area contributed by atoms with Crippen molar-refractivity contribution in [3.8, 4) is 11.4 Å². The minimum absolute atomic E-state index is 0.654. The van der Waals surface area contributed by atoms with Crippen LogP contribution in [0.5, 0.6) is 0 Å². The number of hydrogen-bond donors (Lipinski definition) is 2. The molecule has 0 unspecified atom stereocenters. The number of aryl methyl sites for hydroxylation is 1. The molecule has 0 amide bonds. The lowest BCUT2D eigenvalue weighted by atomic mass is 10.1. The second-order valence-electron chi connectivity index (χ2n) is 5.11. The fourth-order valence-electron chi connectivity index (χ4n) is 2.58. The number of nitrogens with two attached hydrogens (primary N) is 2. The predicted octanol–water partition coefficient (Wildman–Crippen LogP) is 4.04. The molecule has 0 aliphatic rings. The van der Waals surface area contributed by atoms with Gasteiger partial charge in [0.15, 0.2) is 0 Å². The molecule has 3 rings (SSSR count). The Kier molecular flexibility index (Phi) is 3.59. The van der Waals surface area contributed by atoms with Crippen molar-refractivity contribution in [1.82, 2.24) is 9.55 Å². The number of aromatic nitrogens is 2. The van der Waals surface area contributed by atoms with E-state index in [4.69, 9.17) is 16.5 Å². The largest absolute Gasteiger partial charge is 0.399 e. The molecule has 21 heavy (non-hydrogen) atoms. The predicted molar refractivity (Wildman–Crippen MR) is 92.0 cm³/mol. The minimum atomic E-state index is 0.654. The molecule has 0 aliphatic heterocycles. The second-order valence-corrected chi connectivity index (χ2v) is 6.02. The van der Waals surface area contributed by atoms with Crippen molar-refractivity contribution in [2.24, 2.45) is 0 Å². The number of anilines is 2. The highest BCUT2D eigenvalue weighted by molar-refractivity contribution is 9.10. The number of nitrogens with zero attached hydrogens (tertiary/aromatic N) is 2. The average Bonchev–Trinajstić information content (AvgIpc) is 2.76. The van der Waals surface area contributed by atoms with Crippen molar-refractivity contribution < 1.29 is 0 Å². The van der Waals surface area contributed by atoms with Gasteiger partial charge in [-0.15, -0.1) is 0 Å². The van der Waals surface area contributed by atoms with E-state index in [2.05, 4.69) is 33.5 Å². The summed E-state index contributed by atoms with van der Waals surface area (Å²) in [4.78, 5) is 4.77. The number of rotatable bonds is 3. The zero-order valence-corrected chi connectivity index (χ0v) is 13.4. The van der Waals surface area contributed by atoms with Crippen LogP contribution in [-0.2, 0) is 6.54 Å². The van der Waals surface area contributed by atoms with Gasteiger partial charge < -0.3 is 16.0 Å². The number of hydrogen-bond acceptors (Lipinski definition) is 3. The molecule has 4 N–H and O–H groups in total. The molecular weight excluding hydrogens is 328 g/mol. The Balaban J connectivity index is 2.27. The molecule has 0 bridgehead atoms. The Bertz CT molecular complexity index is 787. The lowest BCUT2D eigenvalue weighted by Crippen LogP contribution is -2.01. The van der Waals surface area contributed by atoms with Crippen LogP contribution in [0.3, 0.4) is 0 Å². The molecule has 1 heterocycles. The molecule has 0 atom stereocenters. The van der Waals surface area contributed by atoms with Crippen molar-refractivity contribution in [1.29, 1.82) is 0 Å². The summed E-state index contributed by atoms with van der Waals surface area (Å²) >= 11 is 3.50. The van der Waals surface area contributed by atoms with Gasteiger partial charge >= 0.3 is 0 Å². The number of nitrogen functional groups attached to an aromatic ring is 2. The third-order valence-electron chi connectivity index (χ3n) is 3.39. The maximum absolute atomic E-state index is 5.91. The van der Waals surface area contributed by atoms with Crippen LogP contribution in [-0.4, -0.2) is 9.55 Å². The third-order valence-corrected chi connectivity index (χ3v) is 3.89. The highest BCUT2D eigenvalue weighted by Gasteiger charge is 2.13. The number of halogens is 1. The molecule has 0 fully saturated rings. The maximum atomic E-state index is 5.91. The Morgan fingerprint density at radius 1 is 1.10 bits per heavy atom. The molecule has 0 radical (unpaired) electrons. The molecule has 2 aromatic carbocycles. The van der Waals surface area contributed by atoms with E-state index in [-0.39, 0.29) is 0 Å². The van der Waals surface area contributed by atoms with Gasteiger partial charge in [-0.1, -0.05) is 22.9 Å². The second kappa shape index (κ2) is 5.41. The summed E-state index contributed by atoms with van der Waals surface area (Å²) in [5.74, 6) is 0.906. The molecule has 0 spiro atoms. The molecule has 1 aromatic heterocycles. The van der Waals surface area contributed by atoms with Gasteiger partial charge in [-0.05, 0) is 42.8 Å². The molecule has 0 saturated carbocycles. The van der Waals surface area contributed by atoms with Crippen molar-refractivity contribution in [3.63, 3.8) is 0 Å². The first-order valence-electron chi connectivity index (χ1n) is 6.90. The lowest BCUT2D eigenvalue weighted by molar-refractivity contribution is 0.704. The van der Waals surface area contributed by atoms with Crippen molar-refractivity contribution in [3.05, 3.63) is 40.9 Å². The fraction of sp³-hybridized carbons (Fsp3) is 0.188. The average molecular weight is 345 g/mol. The van der Waals surface area contributed by atoms with Gasteiger partial charge in [-0.2, -0.15) is 0 Å². The highest BCUT2D eigenvalue weighted by Crippen LogP contribution is 2.29. The van der Waals surface area contributed by atoms with Crippen LogP contribution in [0.2, 0.25) is 0 Å². The summed E-state index contributed by atoms with van der Waals surface area (Å²) in [6.07, 6.45) is 1.03.